The van der Waals surface area contributed by atoms with Gasteiger partial charge in [0.25, 0.3) is 0 Å². The number of rotatable bonds is 4. The van der Waals surface area contributed by atoms with Gasteiger partial charge in [0.15, 0.2) is 5.78 Å². The van der Waals surface area contributed by atoms with E-state index in [1.165, 1.54) is 0 Å². The molecule has 1 aromatic carbocycles. The summed E-state index contributed by atoms with van der Waals surface area (Å²) < 4.78 is 0. The predicted molar refractivity (Wildman–Crippen MR) is 80.8 cm³/mol. The van der Waals surface area contributed by atoms with Gasteiger partial charge in [-0.05, 0) is 24.7 Å². The molecule has 112 valence electrons. The molecular weight excluding hydrogens is 264 g/mol. The van der Waals surface area contributed by atoms with Crippen molar-refractivity contribution >= 4 is 11.7 Å². The molecule has 21 heavy (non-hydrogen) atoms. The molecule has 3 unspecified atom stereocenters. The summed E-state index contributed by atoms with van der Waals surface area (Å²) in [5, 5.41) is 0. The van der Waals surface area contributed by atoms with Crippen LogP contribution >= 0.6 is 0 Å². The number of Topliss-reactive ketones (excluding diaryl/α,β-unsaturated/α-hetero) is 1. The largest absolute Gasteiger partial charge is 0.342 e. The van der Waals surface area contributed by atoms with E-state index in [0.29, 0.717) is 30.2 Å². The Morgan fingerprint density at radius 1 is 1.10 bits per heavy atom. The Hall–Kier alpha value is -1.68. The van der Waals surface area contributed by atoms with Gasteiger partial charge < -0.3 is 10.6 Å². The molecule has 0 radical (unpaired) electrons. The molecule has 2 aliphatic rings. The van der Waals surface area contributed by atoms with Crippen LogP contribution in [0, 0.1) is 11.8 Å². The van der Waals surface area contributed by atoms with Crippen LogP contribution in [-0.2, 0) is 4.79 Å². The van der Waals surface area contributed by atoms with Crippen molar-refractivity contribution in [3.05, 3.63) is 35.9 Å². The average Bonchev–Trinajstić information content (AvgIpc) is 3.08. The van der Waals surface area contributed by atoms with Crippen LogP contribution in [0.15, 0.2) is 30.3 Å². The van der Waals surface area contributed by atoms with Crippen LogP contribution in [0.1, 0.15) is 36.0 Å². The highest BCUT2D eigenvalue weighted by Gasteiger charge is 2.42. The van der Waals surface area contributed by atoms with Gasteiger partial charge in [-0.2, -0.15) is 0 Å². The van der Waals surface area contributed by atoms with Crippen molar-refractivity contribution in [2.75, 3.05) is 13.1 Å². The van der Waals surface area contributed by atoms with E-state index < -0.39 is 0 Å². The molecule has 3 atom stereocenters. The van der Waals surface area contributed by atoms with E-state index in [9.17, 15) is 9.59 Å². The van der Waals surface area contributed by atoms with E-state index in [2.05, 4.69) is 0 Å². The average molecular weight is 286 g/mol. The molecule has 1 amide bonds. The lowest BCUT2D eigenvalue weighted by molar-refractivity contribution is -0.130. The molecule has 1 aromatic rings. The molecule has 2 fully saturated rings. The smallest absolute Gasteiger partial charge is 0.223 e. The topological polar surface area (TPSA) is 63.4 Å². The van der Waals surface area contributed by atoms with Gasteiger partial charge in [0.1, 0.15) is 0 Å². The van der Waals surface area contributed by atoms with Gasteiger partial charge in [-0.3, -0.25) is 9.59 Å². The molecule has 1 aliphatic heterocycles. The van der Waals surface area contributed by atoms with Crippen LogP contribution in [0.4, 0.5) is 0 Å². The number of benzene rings is 1. The Bertz CT molecular complexity index is 529. The summed E-state index contributed by atoms with van der Waals surface area (Å²) in [4.78, 5) is 26.2. The monoisotopic (exact) mass is 286 g/mol. The normalized spacial score (nSPS) is 27.7. The van der Waals surface area contributed by atoms with Crippen molar-refractivity contribution in [3.8, 4) is 0 Å². The predicted octanol–water partition coefficient (Wildman–Crippen LogP) is 1.85. The number of carbonyl (C=O) groups is 2. The quantitative estimate of drug-likeness (QED) is 0.859. The number of hydrogen-bond donors (Lipinski definition) is 1. The molecule has 1 saturated heterocycles. The molecule has 4 nitrogen and oxygen atoms in total. The second-order valence-electron chi connectivity index (χ2n) is 6.25. The van der Waals surface area contributed by atoms with Gasteiger partial charge in [-0.1, -0.05) is 30.3 Å². The fourth-order valence-corrected chi connectivity index (χ4v) is 3.66. The first kappa shape index (κ1) is 14.3. The zero-order valence-corrected chi connectivity index (χ0v) is 12.2. The van der Waals surface area contributed by atoms with Crippen molar-refractivity contribution in [1.29, 1.82) is 0 Å². The molecule has 0 aromatic heterocycles. The summed E-state index contributed by atoms with van der Waals surface area (Å²) in [6.07, 6.45) is 2.82. The molecular formula is C17H22N2O2. The van der Waals surface area contributed by atoms with Gasteiger partial charge in [0.05, 0.1) is 0 Å². The number of ketones is 1. The van der Waals surface area contributed by atoms with Crippen molar-refractivity contribution in [3.63, 3.8) is 0 Å². The molecule has 1 saturated carbocycles. The van der Waals surface area contributed by atoms with E-state index in [-0.39, 0.29) is 17.7 Å². The third kappa shape index (κ3) is 3.00. The molecule has 2 N–H and O–H groups in total. The van der Waals surface area contributed by atoms with Gasteiger partial charge in [0.2, 0.25) is 5.91 Å². The maximum atomic E-state index is 12.3. The van der Waals surface area contributed by atoms with Crippen LogP contribution in [0.3, 0.4) is 0 Å². The number of amides is 1. The number of carbonyl (C=O) groups excluding carboxylic acids is 2. The van der Waals surface area contributed by atoms with Crippen LogP contribution in [0.25, 0.3) is 0 Å². The van der Waals surface area contributed by atoms with Crippen LogP contribution in [-0.4, -0.2) is 35.7 Å². The number of likely N-dealkylation sites (tertiary alicyclic amines) is 1. The first-order valence-electron chi connectivity index (χ1n) is 7.77. The third-order valence-corrected chi connectivity index (χ3v) is 4.93. The number of nitrogens with zero attached hydrogens (tertiary/aromatic N) is 1. The van der Waals surface area contributed by atoms with Crippen molar-refractivity contribution < 1.29 is 9.59 Å². The molecule has 0 bridgehead atoms. The summed E-state index contributed by atoms with van der Waals surface area (Å²) in [6.45, 7) is 1.61. The third-order valence-electron chi connectivity index (χ3n) is 4.93. The van der Waals surface area contributed by atoms with Gasteiger partial charge in [-0.15, -0.1) is 0 Å². The molecule has 0 spiro atoms. The molecule has 3 rings (SSSR count). The van der Waals surface area contributed by atoms with E-state index >= 15 is 0 Å². The minimum atomic E-state index is 0.0417. The number of hydrogen-bond acceptors (Lipinski definition) is 3. The van der Waals surface area contributed by atoms with Gasteiger partial charge in [-0.25, -0.2) is 0 Å². The zero-order valence-electron chi connectivity index (χ0n) is 12.2. The lowest BCUT2D eigenvalue weighted by Crippen LogP contribution is -2.33. The Kier molecular flexibility index (Phi) is 4.06. The van der Waals surface area contributed by atoms with E-state index in [1.54, 1.807) is 12.1 Å². The zero-order chi connectivity index (χ0) is 14.8. The minimum absolute atomic E-state index is 0.0417. The minimum Gasteiger partial charge on any atom is -0.342 e. The highest BCUT2D eigenvalue weighted by molar-refractivity contribution is 5.97. The second-order valence-corrected chi connectivity index (χ2v) is 6.25. The molecule has 1 heterocycles. The van der Waals surface area contributed by atoms with Crippen molar-refractivity contribution in [2.45, 2.75) is 31.7 Å². The van der Waals surface area contributed by atoms with Crippen LogP contribution in [0.2, 0.25) is 0 Å². The Balaban J connectivity index is 1.50. The second kappa shape index (κ2) is 5.98. The first-order chi connectivity index (χ1) is 10.1. The summed E-state index contributed by atoms with van der Waals surface area (Å²) >= 11 is 0. The van der Waals surface area contributed by atoms with Crippen LogP contribution < -0.4 is 5.73 Å². The SMILES string of the molecule is NC1CCC2CN(C(=O)CCC(=O)c3ccccc3)CC12. The van der Waals surface area contributed by atoms with E-state index in [4.69, 9.17) is 5.73 Å². The standard InChI is InChI=1S/C17H22N2O2/c18-15-7-6-13-10-19(11-14(13)15)17(21)9-8-16(20)12-4-2-1-3-5-12/h1-5,13-15H,6-11,18H2. The number of fused-ring (bicyclic) bond motifs is 1. The summed E-state index contributed by atoms with van der Waals surface area (Å²) in [7, 11) is 0. The summed E-state index contributed by atoms with van der Waals surface area (Å²) in [5.74, 6) is 1.19. The molecule has 1 aliphatic carbocycles. The van der Waals surface area contributed by atoms with E-state index in [1.807, 2.05) is 23.1 Å². The van der Waals surface area contributed by atoms with Gasteiger partial charge in [0, 0.05) is 37.5 Å². The van der Waals surface area contributed by atoms with Crippen molar-refractivity contribution in [2.24, 2.45) is 17.6 Å². The Morgan fingerprint density at radius 2 is 1.86 bits per heavy atom. The van der Waals surface area contributed by atoms with E-state index in [0.717, 1.165) is 25.9 Å². The summed E-state index contributed by atoms with van der Waals surface area (Å²) in [5.41, 5.74) is 6.77. The Labute approximate surface area is 125 Å². The van der Waals surface area contributed by atoms with Crippen molar-refractivity contribution in [1.82, 2.24) is 4.90 Å². The molecule has 4 heteroatoms. The fraction of sp³-hybridized carbons (Fsp3) is 0.529. The maximum Gasteiger partial charge on any atom is 0.223 e. The summed E-state index contributed by atoms with van der Waals surface area (Å²) in [6, 6.07) is 9.42. The van der Waals surface area contributed by atoms with Gasteiger partial charge >= 0.3 is 0 Å². The highest BCUT2D eigenvalue weighted by Crippen LogP contribution is 2.37. The fourth-order valence-electron chi connectivity index (χ4n) is 3.66. The van der Waals surface area contributed by atoms with Crippen LogP contribution in [0.5, 0.6) is 0 Å². The maximum absolute atomic E-state index is 12.3. The number of nitrogens with two attached hydrogens (primary N) is 1. The highest BCUT2D eigenvalue weighted by atomic mass is 16.2. The lowest BCUT2D eigenvalue weighted by atomic mass is 9.98. The Morgan fingerprint density at radius 3 is 2.57 bits per heavy atom. The lowest BCUT2D eigenvalue weighted by Gasteiger charge is -2.18. The first-order valence-corrected chi connectivity index (χ1v) is 7.77.